The van der Waals surface area contributed by atoms with Gasteiger partial charge in [-0.2, -0.15) is 4.31 Å². The zero-order valence-corrected chi connectivity index (χ0v) is 14.2. The summed E-state index contributed by atoms with van der Waals surface area (Å²) in [5.74, 6) is -0.545. The van der Waals surface area contributed by atoms with Crippen molar-refractivity contribution in [2.45, 2.75) is 31.3 Å². The lowest BCUT2D eigenvalue weighted by Crippen LogP contribution is -2.68. The highest BCUT2D eigenvalue weighted by Gasteiger charge is 2.55. The van der Waals surface area contributed by atoms with E-state index in [1.165, 1.54) is 6.07 Å². The third-order valence-corrected chi connectivity index (χ3v) is 5.70. The lowest BCUT2D eigenvalue weighted by Gasteiger charge is -2.45. The van der Waals surface area contributed by atoms with Crippen LogP contribution in [0.3, 0.4) is 0 Å². The molecule has 128 valence electrons. The molecule has 8 heteroatoms. The number of carboxylic acid groups (broad SMARTS) is 1. The van der Waals surface area contributed by atoms with E-state index in [1.807, 2.05) is 6.92 Å². The fraction of sp³-hybridized carbons (Fsp3) is 0.533. The molecule has 0 bridgehead atoms. The van der Waals surface area contributed by atoms with Crippen molar-refractivity contribution in [3.05, 3.63) is 23.8 Å². The number of carbonyl (C=O) groups is 1. The Labute approximate surface area is 135 Å². The first kappa shape index (κ1) is 17.7. The first-order chi connectivity index (χ1) is 10.8. The summed E-state index contributed by atoms with van der Waals surface area (Å²) in [5.41, 5.74) is -0.888. The molecule has 1 aromatic rings. The quantitative estimate of drug-likeness (QED) is 0.801. The largest absolute Gasteiger partial charge is 0.494 e. The number of aliphatic carboxylic acids is 1. The third-order valence-electron chi connectivity index (χ3n) is 3.75. The summed E-state index contributed by atoms with van der Waals surface area (Å²) in [6.07, 6.45) is 0. The van der Waals surface area contributed by atoms with Gasteiger partial charge >= 0.3 is 5.97 Å². The highest BCUT2D eigenvalue weighted by atomic mass is 32.2. The van der Waals surface area contributed by atoms with Gasteiger partial charge in [-0.15, -0.1) is 0 Å². The maximum absolute atomic E-state index is 12.7. The van der Waals surface area contributed by atoms with Crippen LogP contribution < -0.4 is 4.74 Å². The number of rotatable bonds is 7. The van der Waals surface area contributed by atoms with Crippen LogP contribution in [-0.2, 0) is 19.6 Å². The fourth-order valence-corrected chi connectivity index (χ4v) is 4.31. The van der Waals surface area contributed by atoms with E-state index in [1.54, 1.807) is 26.0 Å². The molecule has 0 aromatic heterocycles. The molecule has 0 saturated carbocycles. The van der Waals surface area contributed by atoms with Crippen molar-refractivity contribution < 1.29 is 27.8 Å². The number of hydrogen-bond acceptors (Lipinski definition) is 5. The number of carboxylic acids is 1. The average Bonchev–Trinajstić information content (AvgIpc) is 2.41. The molecule has 0 unspecified atom stereocenters. The zero-order chi connectivity index (χ0) is 17.3. The van der Waals surface area contributed by atoms with Gasteiger partial charge in [-0.05, 0) is 44.5 Å². The van der Waals surface area contributed by atoms with Crippen molar-refractivity contribution in [1.82, 2.24) is 4.31 Å². The number of hydrogen-bond donors (Lipinski definition) is 1. The molecule has 2 rings (SSSR count). The summed E-state index contributed by atoms with van der Waals surface area (Å²) in [7, 11) is -3.75. The van der Waals surface area contributed by atoms with Crippen molar-refractivity contribution in [2.75, 3.05) is 26.3 Å². The predicted octanol–water partition coefficient (Wildman–Crippen LogP) is 1.26. The standard InChI is InChI=1S/C15H21NO6S/c1-4-21-12-6-7-13(11(3)8-12)23(19,20)16-9-15(10-16,14(17)18)22-5-2/h6-8H,4-5,9-10H2,1-3H3,(H,17,18). The number of benzene rings is 1. The Morgan fingerprint density at radius 1 is 1.30 bits per heavy atom. The van der Waals surface area contributed by atoms with Crippen molar-refractivity contribution in [3.8, 4) is 5.75 Å². The Morgan fingerprint density at radius 2 is 1.96 bits per heavy atom. The fourth-order valence-electron chi connectivity index (χ4n) is 2.56. The number of sulfonamides is 1. The molecule has 1 fully saturated rings. The normalized spacial score (nSPS) is 17.5. The van der Waals surface area contributed by atoms with Gasteiger partial charge in [-0.1, -0.05) is 0 Å². The summed E-state index contributed by atoms with van der Waals surface area (Å²) < 4.78 is 37.0. The van der Waals surface area contributed by atoms with E-state index in [9.17, 15) is 18.3 Å². The van der Waals surface area contributed by atoms with Crippen molar-refractivity contribution in [2.24, 2.45) is 0 Å². The van der Waals surface area contributed by atoms with Gasteiger partial charge in [-0.25, -0.2) is 13.2 Å². The van der Waals surface area contributed by atoms with Crippen LogP contribution in [0.1, 0.15) is 19.4 Å². The lowest BCUT2D eigenvalue weighted by atomic mass is 9.97. The maximum atomic E-state index is 12.7. The number of nitrogens with zero attached hydrogens (tertiary/aromatic N) is 1. The first-order valence-corrected chi connectivity index (χ1v) is 8.82. The van der Waals surface area contributed by atoms with Crippen molar-refractivity contribution in [1.29, 1.82) is 0 Å². The molecule has 23 heavy (non-hydrogen) atoms. The molecule has 0 radical (unpaired) electrons. The highest BCUT2D eigenvalue weighted by molar-refractivity contribution is 7.89. The molecule has 1 aromatic carbocycles. The molecule has 1 N–H and O–H groups in total. The first-order valence-electron chi connectivity index (χ1n) is 7.38. The van der Waals surface area contributed by atoms with Gasteiger partial charge < -0.3 is 14.6 Å². The van der Waals surface area contributed by atoms with Crippen LogP contribution in [0.15, 0.2) is 23.1 Å². The van der Waals surface area contributed by atoms with Crippen LogP contribution in [0.4, 0.5) is 0 Å². The Morgan fingerprint density at radius 3 is 2.43 bits per heavy atom. The molecular formula is C15H21NO6S. The molecule has 0 aliphatic carbocycles. The van der Waals surface area contributed by atoms with E-state index in [4.69, 9.17) is 9.47 Å². The van der Waals surface area contributed by atoms with Crippen LogP contribution >= 0.6 is 0 Å². The molecule has 7 nitrogen and oxygen atoms in total. The van der Waals surface area contributed by atoms with Gasteiger partial charge in [0.05, 0.1) is 24.6 Å². The molecule has 1 heterocycles. The van der Waals surface area contributed by atoms with E-state index in [-0.39, 0.29) is 24.6 Å². The van der Waals surface area contributed by atoms with E-state index >= 15 is 0 Å². The maximum Gasteiger partial charge on any atom is 0.338 e. The minimum absolute atomic E-state index is 0.149. The highest BCUT2D eigenvalue weighted by Crippen LogP contribution is 2.33. The second-order valence-corrected chi connectivity index (χ2v) is 7.27. The zero-order valence-electron chi connectivity index (χ0n) is 13.4. The smallest absolute Gasteiger partial charge is 0.338 e. The molecule has 0 spiro atoms. The minimum atomic E-state index is -3.75. The van der Waals surface area contributed by atoms with Crippen LogP contribution in [0.5, 0.6) is 5.75 Å². The molecule has 1 aliphatic rings. The Balaban J connectivity index is 2.23. The topological polar surface area (TPSA) is 93.1 Å². The summed E-state index contributed by atoms with van der Waals surface area (Å²) >= 11 is 0. The van der Waals surface area contributed by atoms with Crippen LogP contribution in [0, 0.1) is 6.92 Å². The van der Waals surface area contributed by atoms with Crippen molar-refractivity contribution >= 4 is 16.0 Å². The van der Waals surface area contributed by atoms with E-state index in [2.05, 4.69) is 0 Å². The summed E-state index contributed by atoms with van der Waals surface area (Å²) in [4.78, 5) is 11.5. The monoisotopic (exact) mass is 343 g/mol. The Kier molecular flexibility index (Phi) is 4.98. The minimum Gasteiger partial charge on any atom is -0.494 e. The number of aryl methyl sites for hydroxylation is 1. The van der Waals surface area contributed by atoms with Gasteiger partial charge in [0.25, 0.3) is 0 Å². The molecule has 0 atom stereocenters. The second kappa shape index (κ2) is 6.46. The third kappa shape index (κ3) is 3.19. The summed E-state index contributed by atoms with van der Waals surface area (Å²) in [6, 6.07) is 4.73. The molecule has 0 amide bonds. The van der Waals surface area contributed by atoms with Gasteiger partial charge in [0.2, 0.25) is 10.0 Å². The van der Waals surface area contributed by atoms with Gasteiger partial charge in [-0.3, -0.25) is 0 Å². The summed E-state index contributed by atoms with van der Waals surface area (Å²) in [5, 5.41) is 9.26. The summed E-state index contributed by atoms with van der Waals surface area (Å²) in [6.45, 7) is 5.53. The van der Waals surface area contributed by atoms with Gasteiger partial charge in [0.1, 0.15) is 5.75 Å². The Bertz CT molecular complexity index is 694. The van der Waals surface area contributed by atoms with Gasteiger partial charge in [0.15, 0.2) is 5.60 Å². The van der Waals surface area contributed by atoms with Crippen LogP contribution in [-0.4, -0.2) is 55.7 Å². The molecule has 1 saturated heterocycles. The predicted molar refractivity (Wildman–Crippen MR) is 83.1 cm³/mol. The average molecular weight is 343 g/mol. The van der Waals surface area contributed by atoms with E-state index in [0.29, 0.717) is 17.9 Å². The van der Waals surface area contributed by atoms with Crippen LogP contribution in [0.25, 0.3) is 0 Å². The van der Waals surface area contributed by atoms with E-state index in [0.717, 1.165) is 4.31 Å². The second-order valence-electron chi connectivity index (χ2n) is 5.37. The lowest BCUT2D eigenvalue weighted by molar-refractivity contribution is -0.181. The van der Waals surface area contributed by atoms with E-state index < -0.39 is 21.6 Å². The SMILES string of the molecule is CCOc1ccc(S(=O)(=O)N2CC(OCC)(C(=O)O)C2)c(C)c1. The van der Waals surface area contributed by atoms with Crippen LogP contribution in [0.2, 0.25) is 0 Å². The number of ether oxygens (including phenoxy) is 2. The Hall–Kier alpha value is -1.64. The van der Waals surface area contributed by atoms with Gasteiger partial charge in [0, 0.05) is 6.61 Å². The molecular weight excluding hydrogens is 322 g/mol. The molecule has 1 aliphatic heterocycles. The van der Waals surface area contributed by atoms with Crippen molar-refractivity contribution in [3.63, 3.8) is 0 Å².